The van der Waals surface area contributed by atoms with Crippen LogP contribution in [-0.2, 0) is 0 Å². The summed E-state index contributed by atoms with van der Waals surface area (Å²) in [6, 6.07) is 0. The van der Waals surface area contributed by atoms with E-state index >= 15 is 0 Å². The third-order valence-electron chi connectivity index (χ3n) is 1.72. The molecule has 0 aromatic rings. The smallest absolute Gasteiger partial charge is 0.0348 e. The quantitative estimate of drug-likeness (QED) is 0.410. The highest BCUT2D eigenvalue weighted by Gasteiger charge is 1.84. The van der Waals surface area contributed by atoms with Gasteiger partial charge in [-0.2, -0.15) is 0 Å². The minimum absolute atomic E-state index is 0. The van der Waals surface area contributed by atoms with Crippen LogP contribution in [0.1, 0.15) is 53.4 Å². The lowest BCUT2D eigenvalue weighted by atomic mass is 10.2. The highest BCUT2D eigenvalue weighted by molar-refractivity contribution is 4.88. The van der Waals surface area contributed by atoms with Gasteiger partial charge in [0, 0.05) is 0 Å². The molecule has 0 unspecified atom stereocenters. The zero-order valence-electron chi connectivity index (χ0n) is 7.97. The standard InChI is InChI=1S/C7H12.C5H8.2CH4/c1-3-5-7-6-4-2;1-2-4-5-3-1;;/h3-4H,1-2,5-7H2;1-2H,3-5H2;2*1H4. The third-order valence-corrected chi connectivity index (χ3v) is 1.72. The molecule has 0 nitrogen and oxygen atoms in total. The van der Waals surface area contributed by atoms with Gasteiger partial charge < -0.3 is 0 Å². The second-order valence-corrected chi connectivity index (χ2v) is 2.91. The molecule has 0 atom stereocenters. The molecule has 0 saturated heterocycles. The van der Waals surface area contributed by atoms with Crippen molar-refractivity contribution >= 4 is 0 Å². The maximum atomic E-state index is 3.60. The molecule has 1 aliphatic carbocycles. The number of hydrogen-bond acceptors (Lipinski definition) is 0. The van der Waals surface area contributed by atoms with Crippen LogP contribution in [0.2, 0.25) is 0 Å². The van der Waals surface area contributed by atoms with Crippen LogP contribution in [0.25, 0.3) is 0 Å². The van der Waals surface area contributed by atoms with E-state index in [1.807, 2.05) is 12.2 Å². The summed E-state index contributed by atoms with van der Waals surface area (Å²) in [5.74, 6) is 0. The van der Waals surface area contributed by atoms with E-state index in [2.05, 4.69) is 25.3 Å². The summed E-state index contributed by atoms with van der Waals surface area (Å²) in [6.07, 6.45) is 15.8. The van der Waals surface area contributed by atoms with Gasteiger partial charge >= 0.3 is 0 Å². The van der Waals surface area contributed by atoms with E-state index in [0.717, 1.165) is 12.8 Å². The summed E-state index contributed by atoms with van der Waals surface area (Å²) in [6.45, 7) is 7.20. The predicted molar refractivity (Wildman–Crippen MR) is 70.7 cm³/mol. The molecule has 84 valence electrons. The highest BCUT2D eigenvalue weighted by Crippen LogP contribution is 2.05. The van der Waals surface area contributed by atoms with Crippen LogP contribution in [0, 0.1) is 0 Å². The Morgan fingerprint density at radius 2 is 1.36 bits per heavy atom. The van der Waals surface area contributed by atoms with Crippen molar-refractivity contribution in [3.05, 3.63) is 37.5 Å². The molecule has 0 bridgehead atoms. The van der Waals surface area contributed by atoms with Crippen molar-refractivity contribution < 1.29 is 0 Å². The Kier molecular flexibility index (Phi) is 24.4. The van der Waals surface area contributed by atoms with E-state index in [-0.39, 0.29) is 14.9 Å². The van der Waals surface area contributed by atoms with Crippen LogP contribution in [0.15, 0.2) is 37.5 Å². The first kappa shape index (κ1) is 18.9. The SMILES string of the molecule is C.C.C1=CCCC1.C=CCCCC=C. The molecule has 0 heterocycles. The van der Waals surface area contributed by atoms with Crippen LogP contribution in [0.3, 0.4) is 0 Å². The first-order valence-electron chi connectivity index (χ1n) is 4.78. The summed E-state index contributed by atoms with van der Waals surface area (Å²) in [5, 5.41) is 0. The zero-order chi connectivity index (χ0) is 9.07. The molecule has 0 aromatic heterocycles. The predicted octanol–water partition coefficient (Wildman–Crippen LogP) is 5.53. The van der Waals surface area contributed by atoms with Gasteiger partial charge in [0.1, 0.15) is 0 Å². The normalized spacial score (nSPS) is 11.4. The van der Waals surface area contributed by atoms with Gasteiger partial charge in [0.15, 0.2) is 0 Å². The Morgan fingerprint density at radius 1 is 0.929 bits per heavy atom. The van der Waals surface area contributed by atoms with Crippen LogP contribution >= 0.6 is 0 Å². The van der Waals surface area contributed by atoms with E-state index in [9.17, 15) is 0 Å². The average molecular weight is 196 g/mol. The maximum absolute atomic E-state index is 3.60. The van der Waals surface area contributed by atoms with E-state index in [0.29, 0.717) is 0 Å². The van der Waals surface area contributed by atoms with Crippen molar-refractivity contribution in [2.24, 2.45) is 0 Å². The number of rotatable bonds is 4. The van der Waals surface area contributed by atoms with Gasteiger partial charge in [-0.1, -0.05) is 39.2 Å². The summed E-state index contributed by atoms with van der Waals surface area (Å²) >= 11 is 0. The second kappa shape index (κ2) is 18.1. The molecule has 0 aromatic carbocycles. The van der Waals surface area contributed by atoms with Crippen LogP contribution in [-0.4, -0.2) is 0 Å². The van der Waals surface area contributed by atoms with Gasteiger partial charge in [-0.25, -0.2) is 0 Å². The molecule has 0 saturated carbocycles. The minimum atomic E-state index is 0. The number of unbranched alkanes of at least 4 members (excludes halogenated alkanes) is 2. The topological polar surface area (TPSA) is 0 Å². The molecule has 0 radical (unpaired) electrons. The molecule has 1 rings (SSSR count). The highest BCUT2D eigenvalue weighted by atomic mass is 13.9. The summed E-state index contributed by atoms with van der Waals surface area (Å²) in [5.41, 5.74) is 0. The number of allylic oxidation sites excluding steroid dienone is 4. The van der Waals surface area contributed by atoms with Crippen molar-refractivity contribution in [1.82, 2.24) is 0 Å². The van der Waals surface area contributed by atoms with E-state index in [1.54, 1.807) is 0 Å². The third kappa shape index (κ3) is 17.3. The lowest BCUT2D eigenvalue weighted by Crippen LogP contribution is -1.64. The largest absolute Gasteiger partial charge is 0.103 e. The zero-order valence-corrected chi connectivity index (χ0v) is 7.97. The molecule has 0 spiro atoms. The Morgan fingerprint density at radius 3 is 1.57 bits per heavy atom. The average Bonchev–Trinajstić information content (AvgIpc) is 2.62. The summed E-state index contributed by atoms with van der Waals surface area (Å²) in [7, 11) is 0. The Hall–Kier alpha value is -0.780. The van der Waals surface area contributed by atoms with Gasteiger partial charge in [0.2, 0.25) is 0 Å². The van der Waals surface area contributed by atoms with Crippen molar-refractivity contribution in [3.63, 3.8) is 0 Å². The monoisotopic (exact) mass is 196 g/mol. The molecular formula is C14H28. The van der Waals surface area contributed by atoms with E-state index in [1.165, 1.54) is 25.7 Å². The van der Waals surface area contributed by atoms with Gasteiger partial charge in [-0.05, 0) is 38.5 Å². The molecule has 0 amide bonds. The lowest BCUT2D eigenvalue weighted by Gasteiger charge is -1.84. The number of hydrogen-bond donors (Lipinski definition) is 0. The van der Waals surface area contributed by atoms with Crippen LogP contribution in [0.4, 0.5) is 0 Å². The minimum Gasteiger partial charge on any atom is -0.103 e. The molecule has 1 aliphatic rings. The fraction of sp³-hybridized carbons (Fsp3) is 0.571. The van der Waals surface area contributed by atoms with Gasteiger partial charge in [0.05, 0.1) is 0 Å². The molecule has 0 aliphatic heterocycles. The molecular weight excluding hydrogens is 168 g/mol. The molecule has 0 fully saturated rings. The fourth-order valence-corrected chi connectivity index (χ4v) is 0.996. The van der Waals surface area contributed by atoms with Crippen molar-refractivity contribution in [2.45, 2.75) is 53.4 Å². The Labute approximate surface area is 91.4 Å². The van der Waals surface area contributed by atoms with E-state index < -0.39 is 0 Å². The van der Waals surface area contributed by atoms with Gasteiger partial charge in [0.25, 0.3) is 0 Å². The van der Waals surface area contributed by atoms with Crippen molar-refractivity contribution in [3.8, 4) is 0 Å². The summed E-state index contributed by atoms with van der Waals surface area (Å²) < 4.78 is 0. The van der Waals surface area contributed by atoms with Gasteiger partial charge in [-0.3, -0.25) is 0 Å². The second-order valence-electron chi connectivity index (χ2n) is 2.91. The fourth-order valence-electron chi connectivity index (χ4n) is 0.996. The maximum Gasteiger partial charge on any atom is -0.0348 e. The first-order valence-corrected chi connectivity index (χ1v) is 4.78. The molecule has 0 N–H and O–H groups in total. The Balaban J connectivity index is -0.000000155. The van der Waals surface area contributed by atoms with E-state index in [4.69, 9.17) is 0 Å². The van der Waals surface area contributed by atoms with Crippen molar-refractivity contribution in [1.29, 1.82) is 0 Å². The van der Waals surface area contributed by atoms with Crippen LogP contribution in [0.5, 0.6) is 0 Å². The Bertz CT molecular complexity index is 117. The molecule has 14 heavy (non-hydrogen) atoms. The summed E-state index contributed by atoms with van der Waals surface area (Å²) in [4.78, 5) is 0. The van der Waals surface area contributed by atoms with Gasteiger partial charge in [-0.15, -0.1) is 13.2 Å². The van der Waals surface area contributed by atoms with Crippen molar-refractivity contribution in [2.75, 3.05) is 0 Å². The first-order chi connectivity index (χ1) is 5.91. The van der Waals surface area contributed by atoms with Crippen LogP contribution < -0.4 is 0 Å². The lowest BCUT2D eigenvalue weighted by molar-refractivity contribution is 0.871. The molecule has 0 heteroatoms.